The van der Waals surface area contributed by atoms with Crippen molar-refractivity contribution in [1.82, 2.24) is 19.9 Å². The molecule has 0 spiro atoms. The van der Waals surface area contributed by atoms with Crippen molar-refractivity contribution in [2.45, 2.75) is 26.2 Å². The third kappa shape index (κ3) is 3.27. The highest BCUT2D eigenvalue weighted by Gasteiger charge is 2.39. The lowest BCUT2D eigenvalue weighted by Crippen LogP contribution is -2.28. The summed E-state index contributed by atoms with van der Waals surface area (Å²) in [6.45, 7) is 5.70. The lowest BCUT2D eigenvalue weighted by Gasteiger charge is -2.17. The van der Waals surface area contributed by atoms with Crippen LogP contribution >= 0.6 is 0 Å². The maximum atomic E-state index is 12.7. The van der Waals surface area contributed by atoms with Gasteiger partial charge in [-0.25, -0.2) is 4.98 Å². The molecule has 0 aromatic carbocycles. The average molecular weight is 313 g/mol. The number of aryl methyl sites for hydroxylation is 2. The van der Waals surface area contributed by atoms with E-state index in [4.69, 9.17) is 4.98 Å². The van der Waals surface area contributed by atoms with E-state index in [9.17, 15) is 4.79 Å². The van der Waals surface area contributed by atoms with E-state index in [1.807, 2.05) is 26.1 Å². The summed E-state index contributed by atoms with van der Waals surface area (Å²) in [5.41, 5.74) is 2.83. The first-order valence-corrected chi connectivity index (χ1v) is 8.03. The van der Waals surface area contributed by atoms with E-state index in [0.717, 1.165) is 42.4 Å². The number of rotatable bonds is 4. The number of hydrogen-bond donors (Lipinski definition) is 2. The first-order valence-electron chi connectivity index (χ1n) is 8.03. The summed E-state index contributed by atoms with van der Waals surface area (Å²) in [6, 6.07) is 3.67. The molecule has 0 saturated carbocycles. The van der Waals surface area contributed by atoms with E-state index in [0.29, 0.717) is 0 Å². The van der Waals surface area contributed by atoms with Crippen LogP contribution in [0.5, 0.6) is 0 Å². The molecule has 3 rings (SSSR count). The van der Waals surface area contributed by atoms with Gasteiger partial charge in [0.2, 0.25) is 5.91 Å². The van der Waals surface area contributed by atoms with Crippen LogP contribution in [0.4, 0.5) is 5.69 Å². The second-order valence-electron chi connectivity index (χ2n) is 6.21. The van der Waals surface area contributed by atoms with Gasteiger partial charge in [0.25, 0.3) is 0 Å². The Kier molecular flexibility index (Phi) is 4.43. The standard InChI is InChI=1S/C17H23N5O/c1-4-15-19-11(2)16(21-15)13-9-22(3)10-14(13)17(23)20-12-6-5-7-18-8-12/h5-8,13-14H,4,9-10H2,1-3H3,(H,19,21)(H,20,23)/t13-,14-/m1/s1. The molecule has 23 heavy (non-hydrogen) atoms. The van der Waals surface area contributed by atoms with Crippen LogP contribution in [0.1, 0.15) is 30.1 Å². The quantitative estimate of drug-likeness (QED) is 0.905. The van der Waals surface area contributed by atoms with Crippen molar-refractivity contribution in [3.8, 4) is 0 Å². The number of pyridine rings is 1. The maximum Gasteiger partial charge on any atom is 0.229 e. The number of nitrogens with zero attached hydrogens (tertiary/aromatic N) is 3. The second-order valence-corrected chi connectivity index (χ2v) is 6.21. The summed E-state index contributed by atoms with van der Waals surface area (Å²) < 4.78 is 0. The molecule has 1 aliphatic heterocycles. The molecule has 1 amide bonds. The summed E-state index contributed by atoms with van der Waals surface area (Å²) in [4.78, 5) is 27.0. The number of carbonyl (C=O) groups is 1. The van der Waals surface area contributed by atoms with Crippen LogP contribution in [0, 0.1) is 12.8 Å². The molecule has 1 aliphatic rings. The van der Waals surface area contributed by atoms with Crippen LogP contribution in [0.2, 0.25) is 0 Å². The number of aromatic nitrogens is 3. The van der Waals surface area contributed by atoms with E-state index in [1.54, 1.807) is 12.4 Å². The minimum Gasteiger partial charge on any atom is -0.346 e. The van der Waals surface area contributed by atoms with Crippen LogP contribution in [-0.4, -0.2) is 45.9 Å². The van der Waals surface area contributed by atoms with Gasteiger partial charge in [0.05, 0.1) is 23.5 Å². The van der Waals surface area contributed by atoms with Crippen LogP contribution in [0.15, 0.2) is 24.5 Å². The molecular weight excluding hydrogens is 290 g/mol. The zero-order valence-corrected chi connectivity index (χ0v) is 13.8. The molecule has 3 heterocycles. The summed E-state index contributed by atoms with van der Waals surface area (Å²) in [6.07, 6.45) is 4.23. The Bertz CT molecular complexity index is 682. The Labute approximate surface area is 136 Å². The molecule has 2 N–H and O–H groups in total. The summed E-state index contributed by atoms with van der Waals surface area (Å²) in [7, 11) is 2.05. The highest BCUT2D eigenvalue weighted by Crippen LogP contribution is 2.33. The van der Waals surface area contributed by atoms with Crippen LogP contribution in [0.25, 0.3) is 0 Å². The minimum absolute atomic E-state index is 0.0350. The number of likely N-dealkylation sites (N-methyl/N-ethyl adjacent to an activating group) is 1. The Morgan fingerprint density at radius 3 is 2.96 bits per heavy atom. The lowest BCUT2D eigenvalue weighted by atomic mass is 9.91. The minimum atomic E-state index is -0.105. The van der Waals surface area contributed by atoms with Gasteiger partial charge >= 0.3 is 0 Å². The summed E-state index contributed by atoms with van der Waals surface area (Å²) >= 11 is 0. The molecule has 6 heteroatoms. The molecule has 0 radical (unpaired) electrons. The van der Waals surface area contributed by atoms with Gasteiger partial charge in [-0.1, -0.05) is 6.92 Å². The molecule has 2 aromatic heterocycles. The number of likely N-dealkylation sites (tertiary alicyclic amines) is 1. The fourth-order valence-corrected chi connectivity index (χ4v) is 3.28. The highest BCUT2D eigenvalue weighted by atomic mass is 16.2. The van der Waals surface area contributed by atoms with Crippen LogP contribution in [-0.2, 0) is 11.2 Å². The smallest absolute Gasteiger partial charge is 0.229 e. The third-order valence-corrected chi connectivity index (χ3v) is 4.43. The van der Waals surface area contributed by atoms with Crippen molar-refractivity contribution in [2.24, 2.45) is 5.92 Å². The van der Waals surface area contributed by atoms with E-state index in [1.165, 1.54) is 0 Å². The Morgan fingerprint density at radius 2 is 2.30 bits per heavy atom. The Hall–Kier alpha value is -2.21. The number of amides is 1. The number of hydrogen-bond acceptors (Lipinski definition) is 4. The van der Waals surface area contributed by atoms with Crippen molar-refractivity contribution in [3.05, 3.63) is 41.7 Å². The van der Waals surface area contributed by atoms with Crippen molar-refractivity contribution >= 4 is 11.6 Å². The molecule has 122 valence electrons. The first kappa shape index (κ1) is 15.7. The predicted molar refractivity (Wildman–Crippen MR) is 89.3 cm³/mol. The molecular formula is C17H23N5O. The van der Waals surface area contributed by atoms with E-state index in [-0.39, 0.29) is 17.7 Å². The first-order chi connectivity index (χ1) is 11.1. The summed E-state index contributed by atoms with van der Waals surface area (Å²) in [5.74, 6) is 1.03. The summed E-state index contributed by atoms with van der Waals surface area (Å²) in [5, 5.41) is 2.98. The normalized spacial score (nSPS) is 21.5. The molecule has 0 bridgehead atoms. The molecule has 2 aromatic rings. The number of nitrogens with one attached hydrogen (secondary N) is 2. The molecule has 2 atom stereocenters. The maximum absolute atomic E-state index is 12.7. The van der Waals surface area contributed by atoms with Gasteiger partial charge < -0.3 is 15.2 Å². The van der Waals surface area contributed by atoms with Gasteiger partial charge in [-0.05, 0) is 26.1 Å². The van der Waals surface area contributed by atoms with Crippen LogP contribution < -0.4 is 5.32 Å². The number of imidazole rings is 1. The number of carbonyl (C=O) groups excluding carboxylic acids is 1. The zero-order chi connectivity index (χ0) is 16.4. The molecule has 1 saturated heterocycles. The van der Waals surface area contributed by atoms with Crippen molar-refractivity contribution in [1.29, 1.82) is 0 Å². The van der Waals surface area contributed by atoms with E-state index >= 15 is 0 Å². The van der Waals surface area contributed by atoms with Crippen molar-refractivity contribution in [3.63, 3.8) is 0 Å². The fourth-order valence-electron chi connectivity index (χ4n) is 3.28. The lowest BCUT2D eigenvalue weighted by molar-refractivity contribution is -0.119. The van der Waals surface area contributed by atoms with Gasteiger partial charge in [-0.3, -0.25) is 9.78 Å². The molecule has 0 unspecified atom stereocenters. The number of aromatic amines is 1. The van der Waals surface area contributed by atoms with E-state index < -0.39 is 0 Å². The van der Waals surface area contributed by atoms with Gasteiger partial charge in [0.15, 0.2) is 0 Å². The van der Waals surface area contributed by atoms with Crippen molar-refractivity contribution in [2.75, 3.05) is 25.5 Å². The molecule has 1 fully saturated rings. The highest BCUT2D eigenvalue weighted by molar-refractivity contribution is 5.93. The number of H-pyrrole nitrogens is 1. The van der Waals surface area contributed by atoms with Gasteiger partial charge in [0.1, 0.15) is 5.82 Å². The largest absolute Gasteiger partial charge is 0.346 e. The van der Waals surface area contributed by atoms with Gasteiger partial charge in [0, 0.05) is 37.3 Å². The van der Waals surface area contributed by atoms with E-state index in [2.05, 4.69) is 27.1 Å². The van der Waals surface area contributed by atoms with Gasteiger partial charge in [-0.2, -0.15) is 0 Å². The second kappa shape index (κ2) is 6.50. The molecule has 6 nitrogen and oxygen atoms in total. The van der Waals surface area contributed by atoms with Crippen molar-refractivity contribution < 1.29 is 4.79 Å². The Balaban J connectivity index is 1.81. The van der Waals surface area contributed by atoms with Crippen LogP contribution in [0.3, 0.4) is 0 Å². The Morgan fingerprint density at radius 1 is 1.48 bits per heavy atom. The predicted octanol–water partition coefficient (Wildman–Crippen LogP) is 1.96. The average Bonchev–Trinajstić information content (AvgIpc) is 3.10. The number of anilines is 1. The fraction of sp³-hybridized carbons (Fsp3) is 0.471. The third-order valence-electron chi connectivity index (χ3n) is 4.43. The SMILES string of the molecule is CCc1nc([C@@H]2CN(C)C[C@H]2C(=O)Nc2cccnc2)c(C)[nH]1. The monoisotopic (exact) mass is 313 g/mol. The van der Waals surface area contributed by atoms with Gasteiger partial charge in [-0.15, -0.1) is 0 Å². The zero-order valence-electron chi connectivity index (χ0n) is 13.8. The molecule has 0 aliphatic carbocycles. The topological polar surface area (TPSA) is 73.9 Å².